The van der Waals surface area contributed by atoms with Gasteiger partial charge in [0, 0.05) is 31.9 Å². The Kier molecular flexibility index (Phi) is 5.20. The van der Waals surface area contributed by atoms with Crippen LogP contribution in [0.25, 0.3) is 0 Å². The number of thioether (sulfide) groups is 1. The van der Waals surface area contributed by atoms with Gasteiger partial charge in [0.1, 0.15) is 0 Å². The average Bonchev–Trinajstić information content (AvgIpc) is 2.41. The number of hydrogen-bond acceptors (Lipinski definition) is 3. The fraction of sp³-hybridized carbons (Fsp3) is 0.571. The Balaban J connectivity index is 1.74. The summed E-state index contributed by atoms with van der Waals surface area (Å²) in [6.45, 7) is 6.03. The molecular formula is C14H22N2S. The van der Waals surface area contributed by atoms with Crippen molar-refractivity contribution in [1.82, 2.24) is 4.90 Å². The van der Waals surface area contributed by atoms with Gasteiger partial charge in [-0.1, -0.05) is 18.2 Å². The lowest BCUT2D eigenvalue weighted by Gasteiger charge is -2.36. The van der Waals surface area contributed by atoms with Crippen molar-refractivity contribution in [2.45, 2.75) is 6.42 Å². The Morgan fingerprint density at radius 1 is 1.06 bits per heavy atom. The van der Waals surface area contributed by atoms with Crippen LogP contribution in [0.2, 0.25) is 0 Å². The smallest absolute Gasteiger partial charge is 0.0367 e. The topological polar surface area (TPSA) is 6.48 Å². The summed E-state index contributed by atoms with van der Waals surface area (Å²) in [5.41, 5.74) is 1.37. The molecule has 0 aromatic heterocycles. The lowest BCUT2D eigenvalue weighted by atomic mass is 10.2. The van der Waals surface area contributed by atoms with Gasteiger partial charge in [-0.15, -0.1) is 0 Å². The highest BCUT2D eigenvalue weighted by Crippen LogP contribution is 2.15. The molecule has 1 aromatic carbocycles. The first-order valence-electron chi connectivity index (χ1n) is 6.41. The van der Waals surface area contributed by atoms with E-state index in [1.165, 1.54) is 50.6 Å². The molecule has 0 bridgehead atoms. The second kappa shape index (κ2) is 6.92. The fourth-order valence-corrected chi connectivity index (χ4v) is 2.72. The monoisotopic (exact) mass is 250 g/mol. The molecule has 0 saturated carbocycles. The van der Waals surface area contributed by atoms with E-state index in [1.807, 2.05) is 11.8 Å². The minimum absolute atomic E-state index is 1.17. The highest BCUT2D eigenvalue weighted by molar-refractivity contribution is 7.98. The molecule has 0 spiro atoms. The van der Waals surface area contributed by atoms with Crippen LogP contribution in [0.5, 0.6) is 0 Å². The van der Waals surface area contributed by atoms with Crippen LogP contribution in [0.4, 0.5) is 5.69 Å². The molecule has 0 N–H and O–H groups in total. The minimum Gasteiger partial charge on any atom is -0.369 e. The van der Waals surface area contributed by atoms with Crippen molar-refractivity contribution in [3.8, 4) is 0 Å². The van der Waals surface area contributed by atoms with Gasteiger partial charge in [-0.25, -0.2) is 0 Å². The lowest BCUT2D eigenvalue weighted by Crippen LogP contribution is -2.46. The molecule has 17 heavy (non-hydrogen) atoms. The molecule has 1 saturated heterocycles. The van der Waals surface area contributed by atoms with Gasteiger partial charge in [-0.3, -0.25) is 4.90 Å². The minimum atomic E-state index is 1.17. The zero-order valence-electron chi connectivity index (χ0n) is 10.6. The molecule has 0 atom stereocenters. The summed E-state index contributed by atoms with van der Waals surface area (Å²) in [5, 5.41) is 0. The summed E-state index contributed by atoms with van der Waals surface area (Å²) in [4.78, 5) is 5.08. The molecular weight excluding hydrogens is 228 g/mol. The Morgan fingerprint density at radius 2 is 1.76 bits per heavy atom. The van der Waals surface area contributed by atoms with Crippen LogP contribution in [0.1, 0.15) is 6.42 Å². The highest BCUT2D eigenvalue weighted by atomic mass is 32.2. The maximum absolute atomic E-state index is 2.59. The number of para-hydroxylation sites is 1. The molecule has 2 nitrogen and oxygen atoms in total. The van der Waals surface area contributed by atoms with Gasteiger partial charge < -0.3 is 4.90 Å². The normalized spacial score (nSPS) is 17.4. The maximum atomic E-state index is 2.59. The van der Waals surface area contributed by atoms with Crippen molar-refractivity contribution >= 4 is 17.4 Å². The van der Waals surface area contributed by atoms with E-state index >= 15 is 0 Å². The van der Waals surface area contributed by atoms with E-state index in [1.54, 1.807) is 0 Å². The van der Waals surface area contributed by atoms with Crippen LogP contribution in [-0.4, -0.2) is 49.6 Å². The molecule has 3 heteroatoms. The second-order valence-electron chi connectivity index (χ2n) is 4.51. The molecule has 2 rings (SSSR count). The third kappa shape index (κ3) is 3.93. The first kappa shape index (κ1) is 12.8. The Labute approximate surface area is 109 Å². The molecule has 94 valence electrons. The van der Waals surface area contributed by atoms with Gasteiger partial charge in [-0.2, -0.15) is 11.8 Å². The molecule has 0 amide bonds. The van der Waals surface area contributed by atoms with Gasteiger partial charge in [-0.05, 0) is 37.1 Å². The number of benzene rings is 1. The van der Waals surface area contributed by atoms with E-state index in [0.29, 0.717) is 0 Å². The largest absolute Gasteiger partial charge is 0.369 e. The average molecular weight is 250 g/mol. The maximum Gasteiger partial charge on any atom is 0.0367 e. The van der Waals surface area contributed by atoms with Gasteiger partial charge in [0.15, 0.2) is 0 Å². The van der Waals surface area contributed by atoms with Crippen LogP contribution in [0, 0.1) is 0 Å². The first-order chi connectivity index (χ1) is 8.40. The van der Waals surface area contributed by atoms with E-state index in [9.17, 15) is 0 Å². The second-order valence-corrected chi connectivity index (χ2v) is 5.50. The third-order valence-corrected chi connectivity index (χ3v) is 4.01. The van der Waals surface area contributed by atoms with Crippen molar-refractivity contribution in [3.63, 3.8) is 0 Å². The zero-order chi connectivity index (χ0) is 11.9. The Bertz CT molecular complexity index is 307. The number of piperazine rings is 1. The molecule has 0 unspecified atom stereocenters. The predicted molar refractivity (Wildman–Crippen MR) is 78.1 cm³/mol. The molecule has 1 aliphatic rings. The van der Waals surface area contributed by atoms with Gasteiger partial charge >= 0.3 is 0 Å². The van der Waals surface area contributed by atoms with E-state index in [2.05, 4.69) is 46.4 Å². The number of nitrogens with zero attached hydrogens (tertiary/aromatic N) is 2. The molecule has 1 heterocycles. The first-order valence-corrected chi connectivity index (χ1v) is 7.81. The molecule has 1 aromatic rings. The van der Waals surface area contributed by atoms with Crippen molar-refractivity contribution < 1.29 is 0 Å². The summed E-state index contributed by atoms with van der Waals surface area (Å²) < 4.78 is 0. The summed E-state index contributed by atoms with van der Waals surface area (Å²) in [7, 11) is 0. The summed E-state index contributed by atoms with van der Waals surface area (Å²) >= 11 is 1.95. The van der Waals surface area contributed by atoms with E-state index in [-0.39, 0.29) is 0 Å². The van der Waals surface area contributed by atoms with Crippen LogP contribution >= 0.6 is 11.8 Å². The van der Waals surface area contributed by atoms with Gasteiger partial charge in [0.05, 0.1) is 0 Å². The van der Waals surface area contributed by atoms with Crippen LogP contribution in [0.15, 0.2) is 30.3 Å². The molecule has 0 radical (unpaired) electrons. The van der Waals surface area contributed by atoms with E-state index in [4.69, 9.17) is 0 Å². The van der Waals surface area contributed by atoms with Gasteiger partial charge in [0.25, 0.3) is 0 Å². The van der Waals surface area contributed by atoms with Crippen molar-refractivity contribution in [2.24, 2.45) is 0 Å². The van der Waals surface area contributed by atoms with Crippen molar-refractivity contribution in [1.29, 1.82) is 0 Å². The molecule has 1 aliphatic heterocycles. The zero-order valence-corrected chi connectivity index (χ0v) is 11.5. The van der Waals surface area contributed by atoms with Crippen molar-refractivity contribution in [2.75, 3.05) is 49.6 Å². The summed E-state index contributed by atoms with van der Waals surface area (Å²) in [6.07, 6.45) is 3.51. The van der Waals surface area contributed by atoms with Crippen LogP contribution < -0.4 is 4.90 Å². The van der Waals surface area contributed by atoms with Crippen molar-refractivity contribution in [3.05, 3.63) is 30.3 Å². The number of anilines is 1. The summed E-state index contributed by atoms with van der Waals surface area (Å²) in [6, 6.07) is 10.8. The van der Waals surface area contributed by atoms with Gasteiger partial charge in [0.2, 0.25) is 0 Å². The lowest BCUT2D eigenvalue weighted by molar-refractivity contribution is 0.259. The van der Waals surface area contributed by atoms with E-state index in [0.717, 1.165) is 0 Å². The predicted octanol–water partition coefficient (Wildman–Crippen LogP) is 2.56. The SMILES string of the molecule is CSCCCN1CCN(c2ccccc2)CC1. The standard InChI is InChI=1S/C14H22N2S/c1-17-13-5-8-15-9-11-16(12-10-15)14-6-3-2-4-7-14/h2-4,6-7H,5,8-13H2,1H3. The number of rotatable bonds is 5. The Morgan fingerprint density at radius 3 is 2.41 bits per heavy atom. The van der Waals surface area contributed by atoms with Crippen LogP contribution in [-0.2, 0) is 0 Å². The molecule has 1 fully saturated rings. The quantitative estimate of drug-likeness (QED) is 0.742. The third-order valence-electron chi connectivity index (χ3n) is 3.32. The Hall–Kier alpha value is -0.670. The number of hydrogen-bond donors (Lipinski definition) is 0. The van der Waals surface area contributed by atoms with Crippen LogP contribution in [0.3, 0.4) is 0 Å². The fourth-order valence-electron chi connectivity index (χ4n) is 2.30. The van der Waals surface area contributed by atoms with E-state index < -0.39 is 0 Å². The molecule has 0 aliphatic carbocycles. The highest BCUT2D eigenvalue weighted by Gasteiger charge is 2.16. The summed E-state index contributed by atoms with van der Waals surface area (Å²) in [5.74, 6) is 1.29.